The molecule has 0 atom stereocenters. The third-order valence-corrected chi connectivity index (χ3v) is 5.84. The van der Waals surface area contributed by atoms with Gasteiger partial charge in [0, 0.05) is 6.42 Å². The molecule has 2 fully saturated rings. The Hall–Kier alpha value is -0.330. The Morgan fingerprint density at radius 3 is 1.84 bits per heavy atom. The predicted molar refractivity (Wildman–Crippen MR) is 81.1 cm³/mol. The van der Waals surface area contributed by atoms with Gasteiger partial charge in [-0.05, 0) is 62.2 Å². The molecule has 0 aromatic rings. The van der Waals surface area contributed by atoms with Gasteiger partial charge in [0.15, 0.2) is 0 Å². The Bertz CT molecular complexity index is 244. The first-order valence-corrected chi connectivity index (χ1v) is 8.77. The molecule has 1 heteroatoms. The van der Waals surface area contributed by atoms with E-state index in [9.17, 15) is 4.79 Å². The monoisotopic (exact) mass is 264 g/mol. The van der Waals surface area contributed by atoms with Crippen LogP contribution in [0.4, 0.5) is 0 Å². The Kier molecular flexibility index (Phi) is 6.40. The van der Waals surface area contributed by atoms with Crippen molar-refractivity contribution in [2.75, 3.05) is 0 Å². The number of hydrogen-bond donors (Lipinski definition) is 0. The third kappa shape index (κ3) is 4.61. The van der Waals surface area contributed by atoms with Gasteiger partial charge in [-0.3, -0.25) is 0 Å². The maximum absolute atomic E-state index is 10.6. The summed E-state index contributed by atoms with van der Waals surface area (Å²) in [6.07, 6.45) is 17.7. The lowest BCUT2D eigenvalue weighted by atomic mass is 9.68. The van der Waals surface area contributed by atoms with Gasteiger partial charge < -0.3 is 4.79 Å². The summed E-state index contributed by atoms with van der Waals surface area (Å²) in [7, 11) is 0. The smallest absolute Gasteiger partial charge is 0.120 e. The van der Waals surface area contributed by atoms with Gasteiger partial charge in [-0.1, -0.05) is 39.0 Å². The van der Waals surface area contributed by atoms with Crippen molar-refractivity contribution in [1.82, 2.24) is 0 Å². The molecular weight excluding hydrogens is 232 g/mol. The summed E-state index contributed by atoms with van der Waals surface area (Å²) < 4.78 is 0. The molecule has 0 aliphatic heterocycles. The summed E-state index contributed by atoms with van der Waals surface area (Å²) in [6, 6.07) is 0. The van der Waals surface area contributed by atoms with Gasteiger partial charge in [0.2, 0.25) is 0 Å². The number of hydrogen-bond acceptors (Lipinski definition) is 1. The summed E-state index contributed by atoms with van der Waals surface area (Å²) in [5, 5.41) is 0. The van der Waals surface area contributed by atoms with Crippen molar-refractivity contribution >= 4 is 6.29 Å². The van der Waals surface area contributed by atoms with Crippen LogP contribution in [0.5, 0.6) is 0 Å². The van der Waals surface area contributed by atoms with Crippen molar-refractivity contribution in [1.29, 1.82) is 0 Å². The first kappa shape index (κ1) is 15.1. The standard InChI is InChI=1S/C18H32O/c1-2-3-4-15-5-9-17(10-6-15)18-11-7-16(8-12-18)13-14-19/h14-18H,2-13H2,1H3. The van der Waals surface area contributed by atoms with Crippen molar-refractivity contribution in [3.8, 4) is 0 Å². The maximum Gasteiger partial charge on any atom is 0.120 e. The van der Waals surface area contributed by atoms with E-state index in [2.05, 4.69) is 6.92 Å². The van der Waals surface area contributed by atoms with E-state index >= 15 is 0 Å². The van der Waals surface area contributed by atoms with Gasteiger partial charge in [-0.15, -0.1) is 0 Å². The second-order valence-corrected chi connectivity index (χ2v) is 7.11. The molecule has 0 bridgehead atoms. The van der Waals surface area contributed by atoms with Gasteiger partial charge >= 0.3 is 0 Å². The number of carbonyl (C=O) groups excluding carboxylic acids is 1. The SMILES string of the molecule is CCCCC1CCC(C2CCC(CC=O)CC2)CC1. The zero-order valence-corrected chi connectivity index (χ0v) is 12.8. The number of aldehydes is 1. The van der Waals surface area contributed by atoms with E-state index in [0.717, 1.165) is 36.4 Å². The lowest BCUT2D eigenvalue weighted by Crippen LogP contribution is -2.26. The van der Waals surface area contributed by atoms with Gasteiger partial charge in [0.25, 0.3) is 0 Å². The zero-order valence-electron chi connectivity index (χ0n) is 12.8. The summed E-state index contributed by atoms with van der Waals surface area (Å²) >= 11 is 0. The Labute approximate surface area is 119 Å². The maximum atomic E-state index is 10.6. The molecule has 0 aromatic heterocycles. The third-order valence-electron chi connectivity index (χ3n) is 5.84. The molecule has 2 aliphatic carbocycles. The quantitative estimate of drug-likeness (QED) is 0.589. The Balaban J connectivity index is 1.66. The Morgan fingerprint density at radius 1 is 0.842 bits per heavy atom. The second kappa shape index (κ2) is 8.07. The molecule has 0 amide bonds. The van der Waals surface area contributed by atoms with Crippen LogP contribution in [0.3, 0.4) is 0 Å². The molecule has 0 spiro atoms. The van der Waals surface area contributed by atoms with Crippen molar-refractivity contribution < 1.29 is 4.79 Å². The van der Waals surface area contributed by atoms with E-state index in [4.69, 9.17) is 0 Å². The van der Waals surface area contributed by atoms with Crippen molar-refractivity contribution in [3.63, 3.8) is 0 Å². The highest BCUT2D eigenvalue weighted by Crippen LogP contribution is 2.42. The van der Waals surface area contributed by atoms with Gasteiger partial charge in [-0.2, -0.15) is 0 Å². The van der Waals surface area contributed by atoms with E-state index in [1.807, 2.05) is 0 Å². The van der Waals surface area contributed by atoms with Gasteiger partial charge in [-0.25, -0.2) is 0 Å². The molecule has 2 rings (SSSR count). The molecule has 0 N–H and O–H groups in total. The van der Waals surface area contributed by atoms with Crippen LogP contribution in [-0.4, -0.2) is 6.29 Å². The first-order valence-electron chi connectivity index (χ1n) is 8.77. The largest absolute Gasteiger partial charge is 0.303 e. The molecule has 2 saturated carbocycles. The van der Waals surface area contributed by atoms with Crippen molar-refractivity contribution in [2.45, 2.75) is 84.0 Å². The summed E-state index contributed by atoms with van der Waals surface area (Å²) in [6.45, 7) is 2.31. The molecular formula is C18H32O. The average Bonchev–Trinajstić information content (AvgIpc) is 2.47. The van der Waals surface area contributed by atoms with Gasteiger partial charge in [0.05, 0.1) is 0 Å². The summed E-state index contributed by atoms with van der Waals surface area (Å²) in [5.74, 6) is 3.78. The number of carbonyl (C=O) groups is 1. The lowest BCUT2D eigenvalue weighted by molar-refractivity contribution is -0.108. The van der Waals surface area contributed by atoms with Crippen LogP contribution < -0.4 is 0 Å². The van der Waals surface area contributed by atoms with Crippen LogP contribution in [0.2, 0.25) is 0 Å². The fourth-order valence-electron chi connectivity index (χ4n) is 4.47. The summed E-state index contributed by atoms with van der Waals surface area (Å²) in [4.78, 5) is 10.6. The van der Waals surface area contributed by atoms with E-state index in [1.165, 1.54) is 70.6 Å². The van der Waals surface area contributed by atoms with E-state index < -0.39 is 0 Å². The number of unbranched alkanes of at least 4 members (excludes halogenated alkanes) is 1. The van der Waals surface area contributed by atoms with Crippen molar-refractivity contribution in [2.24, 2.45) is 23.7 Å². The predicted octanol–water partition coefficient (Wildman–Crippen LogP) is 5.38. The molecule has 0 unspecified atom stereocenters. The van der Waals surface area contributed by atoms with E-state index in [1.54, 1.807) is 0 Å². The molecule has 0 heterocycles. The average molecular weight is 264 g/mol. The van der Waals surface area contributed by atoms with Crippen LogP contribution in [0.25, 0.3) is 0 Å². The molecule has 0 radical (unpaired) electrons. The van der Waals surface area contributed by atoms with Crippen molar-refractivity contribution in [3.05, 3.63) is 0 Å². The van der Waals surface area contributed by atoms with Crippen LogP contribution in [0, 0.1) is 23.7 Å². The molecule has 110 valence electrons. The first-order chi connectivity index (χ1) is 9.33. The normalized spacial score (nSPS) is 36.1. The second-order valence-electron chi connectivity index (χ2n) is 7.11. The zero-order chi connectivity index (χ0) is 13.5. The molecule has 0 saturated heterocycles. The highest BCUT2D eigenvalue weighted by Gasteiger charge is 2.30. The molecule has 0 aromatic carbocycles. The minimum atomic E-state index is 0.717. The fourth-order valence-corrected chi connectivity index (χ4v) is 4.47. The topological polar surface area (TPSA) is 17.1 Å². The van der Waals surface area contributed by atoms with Crippen LogP contribution in [-0.2, 0) is 4.79 Å². The number of rotatable bonds is 6. The van der Waals surface area contributed by atoms with Crippen LogP contribution >= 0.6 is 0 Å². The Morgan fingerprint density at radius 2 is 1.37 bits per heavy atom. The van der Waals surface area contributed by atoms with Crippen LogP contribution in [0.15, 0.2) is 0 Å². The fraction of sp³-hybridized carbons (Fsp3) is 0.944. The lowest BCUT2D eigenvalue weighted by Gasteiger charge is -2.37. The highest BCUT2D eigenvalue weighted by atomic mass is 16.1. The minimum absolute atomic E-state index is 0.717. The molecule has 2 aliphatic rings. The van der Waals surface area contributed by atoms with E-state index in [-0.39, 0.29) is 0 Å². The minimum Gasteiger partial charge on any atom is -0.303 e. The van der Waals surface area contributed by atoms with Gasteiger partial charge in [0.1, 0.15) is 6.29 Å². The molecule has 1 nitrogen and oxygen atoms in total. The van der Waals surface area contributed by atoms with Crippen LogP contribution in [0.1, 0.15) is 84.0 Å². The highest BCUT2D eigenvalue weighted by molar-refractivity contribution is 5.49. The summed E-state index contributed by atoms with van der Waals surface area (Å²) in [5.41, 5.74) is 0. The van der Waals surface area contributed by atoms with E-state index in [0.29, 0.717) is 0 Å². The molecule has 19 heavy (non-hydrogen) atoms.